The van der Waals surface area contributed by atoms with Gasteiger partial charge in [0.2, 0.25) is 0 Å². The second-order valence-corrected chi connectivity index (χ2v) is 4.74. The zero-order valence-corrected chi connectivity index (χ0v) is 12.4. The molecule has 5 N–H and O–H groups in total. The van der Waals surface area contributed by atoms with Crippen LogP contribution in [-0.4, -0.2) is 40.0 Å². The van der Waals surface area contributed by atoms with E-state index in [0.717, 1.165) is 0 Å². The van der Waals surface area contributed by atoms with Crippen LogP contribution in [0.25, 0.3) is 0 Å². The molecule has 90 valence electrons. The molecule has 0 saturated carbocycles. The van der Waals surface area contributed by atoms with E-state index < -0.39 is 15.4 Å². The van der Waals surface area contributed by atoms with Gasteiger partial charge in [-0.15, -0.1) is 0 Å². The maximum atomic E-state index is 10.7. The van der Waals surface area contributed by atoms with Gasteiger partial charge in [0, 0.05) is 0 Å². The zero-order valence-electron chi connectivity index (χ0n) is 8.80. The van der Waals surface area contributed by atoms with Crippen molar-refractivity contribution in [1.29, 1.82) is 0 Å². The van der Waals surface area contributed by atoms with Crippen LogP contribution in [0.1, 0.15) is 0 Å². The number of allylic oxidation sites excluding steroid dienone is 1. The molecule has 2 aliphatic rings. The Morgan fingerprint density at radius 3 is 2.53 bits per heavy atom. The Kier molecular flexibility index (Phi) is 7.58. The van der Waals surface area contributed by atoms with Gasteiger partial charge in [0.25, 0.3) is 0 Å². The van der Waals surface area contributed by atoms with Gasteiger partial charge in [-0.3, -0.25) is 0 Å². The third-order valence-corrected chi connectivity index (χ3v) is 3.00. The third-order valence-electron chi connectivity index (χ3n) is 1.85. The van der Waals surface area contributed by atoms with E-state index in [1.165, 1.54) is 18.2 Å². The number of hydrogen-bond donors (Lipinski definition) is 1. The van der Waals surface area contributed by atoms with Crippen molar-refractivity contribution in [2.45, 2.75) is 5.25 Å². The third kappa shape index (κ3) is 4.23. The van der Waals surface area contributed by atoms with Crippen LogP contribution in [0.15, 0.2) is 28.9 Å². The summed E-state index contributed by atoms with van der Waals surface area (Å²) < 4.78 is 32.1. The van der Waals surface area contributed by atoms with Crippen molar-refractivity contribution in [2.75, 3.05) is 0 Å². The molecule has 0 bridgehead atoms. The van der Waals surface area contributed by atoms with E-state index in [1.54, 1.807) is 0 Å². The predicted octanol–water partition coefficient (Wildman–Crippen LogP) is -4.96. The first kappa shape index (κ1) is 19.2. The molecule has 1 heterocycles. The minimum atomic E-state index is -4.33. The van der Waals surface area contributed by atoms with Crippen LogP contribution in [0, 0.1) is 0 Å². The molecule has 17 heavy (non-hydrogen) atoms. The summed E-state index contributed by atoms with van der Waals surface area (Å²) in [4.78, 5) is 3.91. The molecular weight excluding hydrogens is 279 g/mol. The number of aliphatic imine (C=N–C) groups is 1. The fourth-order valence-corrected chi connectivity index (χ4v) is 2.00. The first-order valence-electron chi connectivity index (χ1n) is 3.71. The number of rotatable bonds is 1. The van der Waals surface area contributed by atoms with Gasteiger partial charge >= 0.3 is 29.6 Å². The molecule has 0 radical (unpaired) electrons. The van der Waals surface area contributed by atoms with Crippen LogP contribution in [0.2, 0.25) is 0 Å². The SMILES string of the molecule is O.O.O=S(=O)([O-])C1C=CC2=NC(=S)NC2=C1.[Na+]. The molecule has 1 unspecified atom stereocenters. The molecule has 10 heteroatoms. The summed E-state index contributed by atoms with van der Waals surface area (Å²) in [6.45, 7) is 0. The van der Waals surface area contributed by atoms with Crippen LogP contribution in [-0.2, 0) is 10.1 Å². The van der Waals surface area contributed by atoms with E-state index >= 15 is 0 Å². The summed E-state index contributed by atoms with van der Waals surface area (Å²) in [5.74, 6) is 0. The summed E-state index contributed by atoms with van der Waals surface area (Å²) in [6.07, 6.45) is 4.07. The first-order valence-corrected chi connectivity index (χ1v) is 5.59. The topological polar surface area (TPSA) is 145 Å². The minimum Gasteiger partial charge on any atom is -0.747 e. The molecule has 1 aliphatic heterocycles. The van der Waals surface area contributed by atoms with Gasteiger partial charge in [-0.25, -0.2) is 13.4 Å². The van der Waals surface area contributed by atoms with Gasteiger partial charge in [-0.05, 0) is 24.4 Å². The maximum absolute atomic E-state index is 10.7. The number of fused-ring (bicyclic) bond motifs is 1. The Morgan fingerprint density at radius 2 is 2.00 bits per heavy atom. The van der Waals surface area contributed by atoms with E-state index in [2.05, 4.69) is 10.3 Å². The first-order chi connectivity index (χ1) is 6.47. The molecular formula is C7H9N2NaO5S2. The number of thiocarbonyl (C=S) groups is 1. The van der Waals surface area contributed by atoms with Crippen molar-refractivity contribution < 1.29 is 53.5 Å². The molecule has 1 atom stereocenters. The standard InChI is InChI=1S/C7H6N2O3S2.Na.2H2O/c10-14(11,12)4-1-2-5-6(3-4)9-7(13)8-5;;;/h1-4H,(H,9,13)(H,10,11,12);;2*1H2/q;+1;;/p-1. The zero-order chi connectivity index (χ0) is 10.3. The molecule has 0 aromatic carbocycles. The maximum Gasteiger partial charge on any atom is 1.00 e. The van der Waals surface area contributed by atoms with E-state index in [4.69, 9.17) is 12.2 Å². The Labute approximate surface area is 125 Å². The Morgan fingerprint density at radius 1 is 1.41 bits per heavy atom. The van der Waals surface area contributed by atoms with Gasteiger partial charge in [0.05, 0.1) is 16.7 Å². The summed E-state index contributed by atoms with van der Waals surface area (Å²) in [6, 6.07) is 0. The fourth-order valence-electron chi connectivity index (χ4n) is 1.22. The van der Waals surface area contributed by atoms with Gasteiger partial charge in [-0.1, -0.05) is 6.08 Å². The van der Waals surface area contributed by atoms with Crippen molar-refractivity contribution in [2.24, 2.45) is 4.99 Å². The fraction of sp³-hybridized carbons (Fsp3) is 0.143. The van der Waals surface area contributed by atoms with Crippen molar-refractivity contribution in [3.8, 4) is 0 Å². The molecule has 2 rings (SSSR count). The van der Waals surface area contributed by atoms with Crippen molar-refractivity contribution in [1.82, 2.24) is 5.32 Å². The summed E-state index contributed by atoms with van der Waals surface area (Å²) in [5, 5.41) is 1.84. The Bertz CT molecular complexity index is 496. The van der Waals surface area contributed by atoms with Crippen LogP contribution < -0.4 is 34.9 Å². The van der Waals surface area contributed by atoms with E-state index in [1.807, 2.05) is 0 Å². The number of nitrogens with zero attached hydrogens (tertiary/aromatic N) is 1. The molecule has 0 aromatic rings. The molecule has 7 nitrogen and oxygen atoms in total. The smallest absolute Gasteiger partial charge is 0.747 e. The van der Waals surface area contributed by atoms with Gasteiger partial charge in [0.1, 0.15) is 10.1 Å². The average Bonchev–Trinajstić information content (AvgIpc) is 2.41. The average molecular weight is 288 g/mol. The van der Waals surface area contributed by atoms with Gasteiger partial charge in [0.15, 0.2) is 5.11 Å². The summed E-state index contributed by atoms with van der Waals surface area (Å²) in [5.41, 5.74) is 1.05. The van der Waals surface area contributed by atoms with Crippen molar-refractivity contribution in [3.63, 3.8) is 0 Å². The molecule has 1 aliphatic carbocycles. The second-order valence-electron chi connectivity index (χ2n) is 2.82. The van der Waals surface area contributed by atoms with Crippen molar-refractivity contribution in [3.05, 3.63) is 23.9 Å². The van der Waals surface area contributed by atoms with E-state index in [-0.39, 0.29) is 45.6 Å². The summed E-state index contributed by atoms with van der Waals surface area (Å²) >= 11 is 4.76. The summed E-state index contributed by atoms with van der Waals surface area (Å²) in [7, 11) is -4.33. The quantitative estimate of drug-likeness (QED) is 0.292. The molecule has 0 fully saturated rings. The molecule has 0 spiro atoms. The molecule has 0 aromatic heterocycles. The largest absolute Gasteiger partial charge is 1.00 e. The molecule has 0 amide bonds. The monoisotopic (exact) mass is 288 g/mol. The van der Waals surface area contributed by atoms with Gasteiger partial charge in [-0.2, -0.15) is 0 Å². The van der Waals surface area contributed by atoms with Crippen molar-refractivity contribution >= 4 is 33.2 Å². The van der Waals surface area contributed by atoms with Crippen LogP contribution in [0.3, 0.4) is 0 Å². The Hall–Kier alpha value is -0.130. The van der Waals surface area contributed by atoms with E-state index in [9.17, 15) is 13.0 Å². The van der Waals surface area contributed by atoms with Crippen LogP contribution >= 0.6 is 12.2 Å². The normalized spacial score (nSPS) is 20.8. The second kappa shape index (κ2) is 6.71. The molecule has 0 saturated heterocycles. The number of nitrogens with one attached hydrogen (secondary N) is 1. The van der Waals surface area contributed by atoms with Crippen LogP contribution in [0.4, 0.5) is 0 Å². The predicted molar refractivity (Wildman–Crippen MR) is 61.1 cm³/mol. The van der Waals surface area contributed by atoms with Gasteiger partial charge < -0.3 is 20.8 Å². The minimum absolute atomic E-state index is 0. The van der Waals surface area contributed by atoms with Crippen LogP contribution in [0.5, 0.6) is 0 Å². The Balaban J connectivity index is 0. The number of hydrogen-bond acceptors (Lipinski definition) is 4. The van der Waals surface area contributed by atoms with E-state index in [0.29, 0.717) is 11.4 Å².